The first-order valence-electron chi connectivity index (χ1n) is 4.17. The van der Waals surface area contributed by atoms with Crippen molar-refractivity contribution in [2.24, 2.45) is 11.7 Å². The molecule has 0 rings (SSSR count). The number of rotatable bonds is 7. The van der Waals surface area contributed by atoms with Crippen molar-refractivity contribution in [3.63, 3.8) is 0 Å². The van der Waals surface area contributed by atoms with Crippen LogP contribution in [0.5, 0.6) is 0 Å². The van der Waals surface area contributed by atoms with E-state index in [1.165, 1.54) is 0 Å². The highest BCUT2D eigenvalue weighted by atomic mass is 35.5. The second-order valence-corrected chi connectivity index (χ2v) is 3.52. The lowest BCUT2D eigenvalue weighted by Crippen LogP contribution is -2.14. The summed E-state index contributed by atoms with van der Waals surface area (Å²) in [4.78, 5) is 0. The van der Waals surface area contributed by atoms with E-state index in [4.69, 9.17) is 28.9 Å². The highest BCUT2D eigenvalue weighted by Crippen LogP contribution is 2.12. The van der Waals surface area contributed by atoms with E-state index < -0.39 is 0 Å². The Morgan fingerprint density at radius 1 is 1.00 bits per heavy atom. The van der Waals surface area contributed by atoms with Crippen molar-refractivity contribution in [1.29, 1.82) is 0 Å². The van der Waals surface area contributed by atoms with E-state index >= 15 is 0 Å². The summed E-state index contributed by atoms with van der Waals surface area (Å²) in [5.74, 6) is 2.13. The normalized spacial score (nSPS) is 10.9. The molecule has 0 heterocycles. The van der Waals surface area contributed by atoms with Crippen molar-refractivity contribution in [2.45, 2.75) is 25.7 Å². The molecule has 0 aliphatic heterocycles. The average Bonchev–Trinajstić information content (AvgIpc) is 2.05. The van der Waals surface area contributed by atoms with E-state index in [0.717, 1.165) is 44.0 Å². The topological polar surface area (TPSA) is 26.0 Å². The molecule has 0 unspecified atom stereocenters. The minimum atomic E-state index is 0.632. The van der Waals surface area contributed by atoms with Crippen LogP contribution in [-0.2, 0) is 0 Å². The number of hydrogen-bond acceptors (Lipinski definition) is 1. The number of nitrogens with two attached hydrogens (primary N) is 1. The van der Waals surface area contributed by atoms with Crippen LogP contribution in [0.3, 0.4) is 0 Å². The highest BCUT2D eigenvalue weighted by Gasteiger charge is 2.04. The summed E-state index contributed by atoms with van der Waals surface area (Å²) in [5, 5.41) is 0. The van der Waals surface area contributed by atoms with Gasteiger partial charge in [-0.1, -0.05) is 0 Å². The van der Waals surface area contributed by atoms with E-state index in [2.05, 4.69) is 0 Å². The standard InChI is InChI=1S/C8H17Cl2N/c9-5-1-3-8(7-11)4-2-6-10/h8H,1-7,11H2. The van der Waals surface area contributed by atoms with Gasteiger partial charge in [-0.15, -0.1) is 23.2 Å². The van der Waals surface area contributed by atoms with Gasteiger partial charge in [-0.05, 0) is 38.1 Å². The zero-order chi connectivity index (χ0) is 8.53. The first kappa shape index (κ1) is 11.5. The SMILES string of the molecule is NCC(CCCCl)CCCCl. The van der Waals surface area contributed by atoms with E-state index in [9.17, 15) is 0 Å². The second kappa shape index (κ2) is 8.63. The molecule has 0 aliphatic rings. The fourth-order valence-corrected chi connectivity index (χ4v) is 1.42. The smallest absolute Gasteiger partial charge is 0.0223 e. The summed E-state index contributed by atoms with van der Waals surface area (Å²) in [5.41, 5.74) is 5.57. The van der Waals surface area contributed by atoms with Crippen LogP contribution in [0.25, 0.3) is 0 Å². The van der Waals surface area contributed by atoms with Crippen molar-refractivity contribution < 1.29 is 0 Å². The number of alkyl halides is 2. The molecule has 11 heavy (non-hydrogen) atoms. The van der Waals surface area contributed by atoms with Gasteiger partial charge in [0, 0.05) is 11.8 Å². The molecule has 3 heteroatoms. The maximum atomic E-state index is 5.57. The molecule has 1 nitrogen and oxygen atoms in total. The summed E-state index contributed by atoms with van der Waals surface area (Å²) in [6.45, 7) is 0.772. The summed E-state index contributed by atoms with van der Waals surface area (Å²) in [7, 11) is 0. The number of hydrogen-bond donors (Lipinski definition) is 1. The van der Waals surface area contributed by atoms with Gasteiger partial charge >= 0.3 is 0 Å². The van der Waals surface area contributed by atoms with Crippen LogP contribution in [0.1, 0.15) is 25.7 Å². The molecule has 2 N–H and O–H groups in total. The Balaban J connectivity index is 3.25. The lowest BCUT2D eigenvalue weighted by atomic mass is 9.99. The molecule has 0 aromatic rings. The molecule has 0 aromatic carbocycles. The molecular weight excluding hydrogens is 181 g/mol. The minimum absolute atomic E-state index is 0.632. The molecule has 0 amide bonds. The Kier molecular flexibility index (Phi) is 9.06. The summed E-state index contributed by atoms with van der Waals surface area (Å²) >= 11 is 11.1. The molecule has 0 saturated carbocycles. The summed E-state index contributed by atoms with van der Waals surface area (Å²) in [6.07, 6.45) is 4.45. The summed E-state index contributed by atoms with van der Waals surface area (Å²) < 4.78 is 0. The van der Waals surface area contributed by atoms with Crippen LogP contribution in [0, 0.1) is 5.92 Å². The van der Waals surface area contributed by atoms with Crippen molar-refractivity contribution in [2.75, 3.05) is 18.3 Å². The Morgan fingerprint density at radius 3 is 1.73 bits per heavy atom. The van der Waals surface area contributed by atoms with Crippen molar-refractivity contribution in [3.8, 4) is 0 Å². The van der Waals surface area contributed by atoms with Crippen molar-refractivity contribution >= 4 is 23.2 Å². The molecular formula is C8H17Cl2N. The van der Waals surface area contributed by atoms with E-state index in [0.29, 0.717) is 5.92 Å². The van der Waals surface area contributed by atoms with Gasteiger partial charge in [0.2, 0.25) is 0 Å². The van der Waals surface area contributed by atoms with Gasteiger partial charge in [-0.2, -0.15) is 0 Å². The average molecular weight is 198 g/mol. The third-order valence-electron chi connectivity index (χ3n) is 1.83. The molecule has 0 radical (unpaired) electrons. The third-order valence-corrected chi connectivity index (χ3v) is 2.36. The molecule has 68 valence electrons. The predicted molar refractivity (Wildman–Crippen MR) is 52.5 cm³/mol. The van der Waals surface area contributed by atoms with Crippen molar-refractivity contribution in [3.05, 3.63) is 0 Å². The lowest BCUT2D eigenvalue weighted by Gasteiger charge is -2.12. The Labute approximate surface area is 79.2 Å². The maximum Gasteiger partial charge on any atom is 0.0223 e. The second-order valence-electron chi connectivity index (χ2n) is 2.76. The van der Waals surface area contributed by atoms with Crippen LogP contribution < -0.4 is 5.73 Å². The zero-order valence-corrected chi connectivity index (χ0v) is 8.37. The molecule has 0 aromatic heterocycles. The van der Waals surface area contributed by atoms with Gasteiger partial charge in [0.15, 0.2) is 0 Å². The van der Waals surface area contributed by atoms with Crippen LogP contribution in [0.4, 0.5) is 0 Å². The van der Waals surface area contributed by atoms with Gasteiger partial charge in [0.1, 0.15) is 0 Å². The zero-order valence-electron chi connectivity index (χ0n) is 6.86. The van der Waals surface area contributed by atoms with Crippen LogP contribution in [0.2, 0.25) is 0 Å². The molecule has 0 fully saturated rings. The Morgan fingerprint density at radius 2 is 1.45 bits per heavy atom. The van der Waals surface area contributed by atoms with Gasteiger partial charge in [-0.3, -0.25) is 0 Å². The van der Waals surface area contributed by atoms with E-state index in [1.807, 2.05) is 0 Å². The quantitative estimate of drug-likeness (QED) is 0.625. The van der Waals surface area contributed by atoms with Gasteiger partial charge < -0.3 is 5.73 Å². The van der Waals surface area contributed by atoms with Gasteiger partial charge in [0.05, 0.1) is 0 Å². The fraction of sp³-hybridized carbons (Fsp3) is 1.00. The van der Waals surface area contributed by atoms with Crippen LogP contribution in [0.15, 0.2) is 0 Å². The molecule has 0 bridgehead atoms. The highest BCUT2D eigenvalue weighted by molar-refractivity contribution is 6.18. The third kappa shape index (κ3) is 6.92. The molecule has 0 spiro atoms. The largest absolute Gasteiger partial charge is 0.330 e. The Hall–Kier alpha value is 0.540. The maximum absolute atomic E-state index is 5.57. The minimum Gasteiger partial charge on any atom is -0.330 e. The molecule has 0 atom stereocenters. The van der Waals surface area contributed by atoms with E-state index in [1.54, 1.807) is 0 Å². The van der Waals surface area contributed by atoms with Gasteiger partial charge in [-0.25, -0.2) is 0 Å². The van der Waals surface area contributed by atoms with Gasteiger partial charge in [0.25, 0.3) is 0 Å². The number of halogens is 2. The molecule has 0 aliphatic carbocycles. The molecule has 0 saturated heterocycles. The summed E-state index contributed by atoms with van der Waals surface area (Å²) in [6, 6.07) is 0. The van der Waals surface area contributed by atoms with Crippen LogP contribution in [-0.4, -0.2) is 18.3 Å². The van der Waals surface area contributed by atoms with Crippen molar-refractivity contribution in [1.82, 2.24) is 0 Å². The van der Waals surface area contributed by atoms with Crippen LogP contribution >= 0.6 is 23.2 Å². The Bertz CT molecular complexity index is 70.5. The first-order chi connectivity index (χ1) is 5.35. The van der Waals surface area contributed by atoms with E-state index in [-0.39, 0.29) is 0 Å². The first-order valence-corrected chi connectivity index (χ1v) is 5.24. The monoisotopic (exact) mass is 197 g/mol. The lowest BCUT2D eigenvalue weighted by molar-refractivity contribution is 0.452. The predicted octanol–water partition coefficient (Wildman–Crippen LogP) is 2.60. The fourth-order valence-electron chi connectivity index (χ4n) is 1.11.